The van der Waals surface area contributed by atoms with Crippen LogP contribution in [-0.2, 0) is 5.54 Å². The number of aromatic hydroxyl groups is 1. The van der Waals surface area contributed by atoms with Crippen molar-refractivity contribution in [2.24, 2.45) is 5.73 Å². The molecule has 1 saturated carbocycles. The highest BCUT2D eigenvalue weighted by molar-refractivity contribution is 6.32. The maximum absolute atomic E-state index is 13.3. The quantitative estimate of drug-likeness (QED) is 0.778. The molecule has 0 amide bonds. The molecule has 1 aliphatic rings. The summed E-state index contributed by atoms with van der Waals surface area (Å²) in [5.41, 5.74) is 6.37. The average Bonchev–Trinajstić information content (AvgIpc) is 2.62. The van der Waals surface area contributed by atoms with Gasteiger partial charge in [-0.25, -0.2) is 4.39 Å². The molecule has 1 fully saturated rings. The van der Waals surface area contributed by atoms with Gasteiger partial charge in [-0.15, -0.1) is 0 Å². The van der Waals surface area contributed by atoms with Crippen molar-refractivity contribution < 1.29 is 9.50 Å². The maximum Gasteiger partial charge on any atom is 0.170 e. The first-order chi connectivity index (χ1) is 7.03. The molecule has 4 heteroatoms. The Morgan fingerprint density at radius 3 is 2.47 bits per heavy atom. The summed E-state index contributed by atoms with van der Waals surface area (Å²) < 4.78 is 13.3. The lowest BCUT2D eigenvalue weighted by atomic mass is 9.89. The van der Waals surface area contributed by atoms with E-state index in [4.69, 9.17) is 17.3 Å². The first-order valence-electron chi connectivity index (χ1n) is 5.00. The van der Waals surface area contributed by atoms with Crippen LogP contribution >= 0.6 is 11.6 Å². The minimum atomic E-state index is -0.700. The number of phenolic OH excluding ortho intramolecular Hbond substituents is 1. The molecule has 3 N–H and O–H groups in total. The van der Waals surface area contributed by atoms with E-state index in [1.54, 1.807) is 6.07 Å². The van der Waals surface area contributed by atoms with Gasteiger partial charge < -0.3 is 10.8 Å². The number of phenols is 1. The molecule has 2 rings (SSSR count). The van der Waals surface area contributed by atoms with Crippen LogP contribution in [0.25, 0.3) is 0 Å². The lowest BCUT2D eigenvalue weighted by molar-refractivity contribution is 0.423. The average molecular weight is 230 g/mol. The van der Waals surface area contributed by atoms with E-state index in [2.05, 4.69) is 0 Å². The number of hydrogen-bond acceptors (Lipinski definition) is 2. The number of halogens is 2. The summed E-state index contributed by atoms with van der Waals surface area (Å²) in [5.74, 6) is -1.20. The molecule has 82 valence electrons. The molecule has 1 aromatic rings. The molecule has 0 saturated heterocycles. The molecule has 0 spiro atoms. The Balaban J connectivity index is 2.45. The van der Waals surface area contributed by atoms with Crippen LogP contribution in [0.1, 0.15) is 31.2 Å². The second-order valence-electron chi connectivity index (χ2n) is 4.15. The van der Waals surface area contributed by atoms with Gasteiger partial charge in [-0.3, -0.25) is 0 Å². The van der Waals surface area contributed by atoms with Crippen LogP contribution in [-0.4, -0.2) is 5.11 Å². The summed E-state index contributed by atoms with van der Waals surface area (Å²) in [6.45, 7) is 0. The Hall–Kier alpha value is -0.800. The van der Waals surface area contributed by atoms with Gasteiger partial charge >= 0.3 is 0 Å². The molecule has 2 nitrogen and oxygen atoms in total. The van der Waals surface area contributed by atoms with E-state index in [1.165, 1.54) is 6.07 Å². The highest BCUT2D eigenvalue weighted by atomic mass is 35.5. The molecule has 0 unspecified atom stereocenters. The summed E-state index contributed by atoms with van der Waals surface area (Å²) in [4.78, 5) is 0. The monoisotopic (exact) mass is 229 g/mol. The van der Waals surface area contributed by atoms with Crippen LogP contribution in [0.15, 0.2) is 12.1 Å². The Labute approximate surface area is 92.9 Å². The van der Waals surface area contributed by atoms with E-state index in [-0.39, 0.29) is 5.02 Å². The van der Waals surface area contributed by atoms with Crippen molar-refractivity contribution in [1.82, 2.24) is 0 Å². The fourth-order valence-electron chi connectivity index (χ4n) is 2.15. The number of benzene rings is 1. The SMILES string of the molecule is NC1(c2cc(F)c(O)c(Cl)c2)CCCC1. The minimum Gasteiger partial charge on any atom is -0.504 e. The van der Waals surface area contributed by atoms with E-state index < -0.39 is 17.1 Å². The maximum atomic E-state index is 13.3. The van der Waals surface area contributed by atoms with Crippen molar-refractivity contribution in [2.45, 2.75) is 31.2 Å². The van der Waals surface area contributed by atoms with Gasteiger partial charge in [0.05, 0.1) is 5.02 Å². The van der Waals surface area contributed by atoms with Crippen LogP contribution < -0.4 is 5.73 Å². The summed E-state index contributed by atoms with van der Waals surface area (Å²) >= 11 is 5.71. The zero-order valence-electron chi connectivity index (χ0n) is 8.26. The zero-order chi connectivity index (χ0) is 11.1. The van der Waals surface area contributed by atoms with Gasteiger partial charge in [0.2, 0.25) is 0 Å². The topological polar surface area (TPSA) is 46.2 Å². The molecular weight excluding hydrogens is 217 g/mol. The molecule has 1 aromatic carbocycles. The number of rotatable bonds is 1. The summed E-state index contributed by atoms with van der Waals surface area (Å²) in [5, 5.41) is 9.24. The molecule has 0 radical (unpaired) electrons. The van der Waals surface area contributed by atoms with Gasteiger partial charge in [0.15, 0.2) is 11.6 Å². The lowest BCUT2D eigenvalue weighted by Crippen LogP contribution is -2.33. The molecule has 0 aromatic heterocycles. The predicted molar refractivity (Wildman–Crippen MR) is 57.4 cm³/mol. The Kier molecular flexibility index (Phi) is 2.61. The number of nitrogens with two attached hydrogens (primary N) is 1. The van der Waals surface area contributed by atoms with Crippen molar-refractivity contribution in [3.05, 3.63) is 28.5 Å². The van der Waals surface area contributed by atoms with Gasteiger partial charge in [-0.2, -0.15) is 0 Å². The fraction of sp³-hybridized carbons (Fsp3) is 0.455. The zero-order valence-corrected chi connectivity index (χ0v) is 9.02. The smallest absolute Gasteiger partial charge is 0.170 e. The largest absolute Gasteiger partial charge is 0.504 e. The minimum absolute atomic E-state index is 0.0294. The van der Waals surface area contributed by atoms with E-state index >= 15 is 0 Å². The molecule has 1 aliphatic carbocycles. The van der Waals surface area contributed by atoms with E-state index in [1.807, 2.05) is 0 Å². The normalized spacial score (nSPS) is 19.4. The highest BCUT2D eigenvalue weighted by Gasteiger charge is 2.32. The molecule has 0 aliphatic heterocycles. The van der Waals surface area contributed by atoms with Crippen LogP contribution in [0.2, 0.25) is 5.02 Å². The van der Waals surface area contributed by atoms with Gasteiger partial charge in [0, 0.05) is 5.54 Å². The Morgan fingerprint density at radius 2 is 1.93 bits per heavy atom. The Bertz CT molecular complexity index is 365. The second-order valence-corrected chi connectivity index (χ2v) is 4.56. The Morgan fingerprint density at radius 1 is 1.33 bits per heavy atom. The predicted octanol–water partition coefficient (Wildman–Crippen LogP) is 2.91. The third-order valence-electron chi connectivity index (χ3n) is 3.09. The van der Waals surface area contributed by atoms with Crippen LogP contribution in [0.3, 0.4) is 0 Å². The fourth-order valence-corrected chi connectivity index (χ4v) is 2.36. The van der Waals surface area contributed by atoms with E-state index in [9.17, 15) is 9.50 Å². The third-order valence-corrected chi connectivity index (χ3v) is 3.38. The standard InChI is InChI=1S/C11H13ClFNO/c12-8-5-7(6-9(13)10(8)15)11(14)3-1-2-4-11/h5-6,15H,1-4,14H2. The van der Waals surface area contributed by atoms with E-state index in [0.29, 0.717) is 5.56 Å². The van der Waals surface area contributed by atoms with Crippen LogP contribution in [0.4, 0.5) is 4.39 Å². The van der Waals surface area contributed by atoms with E-state index in [0.717, 1.165) is 25.7 Å². The lowest BCUT2D eigenvalue weighted by Gasteiger charge is -2.24. The highest BCUT2D eigenvalue weighted by Crippen LogP contribution is 2.39. The van der Waals surface area contributed by atoms with Crippen molar-refractivity contribution in [1.29, 1.82) is 0 Å². The molecule has 0 atom stereocenters. The van der Waals surface area contributed by atoms with Crippen LogP contribution in [0.5, 0.6) is 5.75 Å². The summed E-state index contributed by atoms with van der Waals surface area (Å²) in [7, 11) is 0. The van der Waals surface area contributed by atoms with Gasteiger partial charge in [-0.05, 0) is 30.5 Å². The molecule has 0 bridgehead atoms. The van der Waals surface area contributed by atoms with Gasteiger partial charge in [-0.1, -0.05) is 24.4 Å². The second kappa shape index (κ2) is 3.65. The van der Waals surface area contributed by atoms with Crippen molar-refractivity contribution in [3.8, 4) is 5.75 Å². The number of hydrogen-bond donors (Lipinski definition) is 2. The van der Waals surface area contributed by atoms with Crippen LogP contribution in [0, 0.1) is 5.82 Å². The first-order valence-corrected chi connectivity index (χ1v) is 5.38. The van der Waals surface area contributed by atoms with Crippen molar-refractivity contribution >= 4 is 11.6 Å². The van der Waals surface area contributed by atoms with Crippen molar-refractivity contribution in [3.63, 3.8) is 0 Å². The van der Waals surface area contributed by atoms with Gasteiger partial charge in [0.1, 0.15) is 0 Å². The molecule has 15 heavy (non-hydrogen) atoms. The molecule has 0 heterocycles. The van der Waals surface area contributed by atoms with Gasteiger partial charge in [0.25, 0.3) is 0 Å². The summed E-state index contributed by atoms with van der Waals surface area (Å²) in [6.07, 6.45) is 3.79. The third kappa shape index (κ3) is 1.82. The molecular formula is C11H13ClFNO. The summed E-state index contributed by atoms with van der Waals surface area (Å²) in [6, 6.07) is 2.85. The first kappa shape index (κ1) is 10.7. The van der Waals surface area contributed by atoms with Crippen molar-refractivity contribution in [2.75, 3.05) is 0 Å².